The van der Waals surface area contributed by atoms with Crippen molar-refractivity contribution in [3.63, 3.8) is 0 Å². The van der Waals surface area contributed by atoms with Crippen LogP contribution >= 0.6 is 11.6 Å². The molecule has 0 saturated carbocycles. The summed E-state index contributed by atoms with van der Waals surface area (Å²) in [7, 11) is 0. The first-order valence-corrected chi connectivity index (χ1v) is 8.54. The number of benzene rings is 2. The van der Waals surface area contributed by atoms with E-state index in [0.29, 0.717) is 11.4 Å². The molecule has 2 aromatic carbocycles. The number of nitrogens with zero attached hydrogens (tertiary/aromatic N) is 2. The maximum atomic E-state index is 11.3. The largest absolute Gasteiger partial charge is 0.478 e. The first kappa shape index (κ1) is 16.4. The molecule has 0 aliphatic carbocycles. The summed E-state index contributed by atoms with van der Waals surface area (Å²) >= 11 is 6.12. The highest BCUT2D eigenvalue weighted by Crippen LogP contribution is 2.29. The third kappa shape index (κ3) is 3.07. The van der Waals surface area contributed by atoms with Gasteiger partial charge in [0.25, 0.3) is 0 Å². The molecule has 4 nitrogen and oxygen atoms in total. The Balaban J connectivity index is 1.87. The van der Waals surface area contributed by atoms with Gasteiger partial charge in [-0.2, -0.15) is 5.10 Å². The molecule has 4 rings (SSSR count). The van der Waals surface area contributed by atoms with Gasteiger partial charge in [0.1, 0.15) is 0 Å². The number of hydrogen-bond acceptors (Lipinski definition) is 2. The summed E-state index contributed by atoms with van der Waals surface area (Å²) in [4.78, 5) is 11.3. The Morgan fingerprint density at radius 1 is 1.04 bits per heavy atom. The van der Waals surface area contributed by atoms with Crippen LogP contribution in [0.5, 0.6) is 0 Å². The highest BCUT2D eigenvalue weighted by molar-refractivity contribution is 6.30. The number of carbonyl (C=O) groups is 1. The first-order valence-electron chi connectivity index (χ1n) is 8.16. The minimum Gasteiger partial charge on any atom is -0.478 e. The van der Waals surface area contributed by atoms with Gasteiger partial charge in [0.2, 0.25) is 0 Å². The van der Waals surface area contributed by atoms with Crippen molar-refractivity contribution in [3.05, 3.63) is 94.6 Å². The fraction of sp³-hybridized carbons (Fsp3) is 0.0476. The van der Waals surface area contributed by atoms with Crippen molar-refractivity contribution in [2.75, 3.05) is 0 Å². The Kier molecular flexibility index (Phi) is 4.19. The predicted molar refractivity (Wildman–Crippen MR) is 102 cm³/mol. The molecule has 0 atom stereocenters. The molecule has 0 fully saturated rings. The molecule has 2 heterocycles. The van der Waals surface area contributed by atoms with Crippen molar-refractivity contribution in [1.29, 1.82) is 0 Å². The highest BCUT2D eigenvalue weighted by Gasteiger charge is 2.16. The van der Waals surface area contributed by atoms with Crippen LogP contribution in [0.3, 0.4) is 0 Å². The average Bonchev–Trinajstić information content (AvgIpc) is 3.00. The van der Waals surface area contributed by atoms with E-state index in [0.717, 1.165) is 27.9 Å². The molecule has 0 bridgehead atoms. The van der Waals surface area contributed by atoms with Crippen molar-refractivity contribution >= 4 is 23.1 Å². The minimum atomic E-state index is -0.929. The number of pyridine rings is 1. The second kappa shape index (κ2) is 6.65. The van der Waals surface area contributed by atoms with E-state index in [2.05, 4.69) is 0 Å². The van der Waals surface area contributed by atoms with Crippen LogP contribution in [0.2, 0.25) is 5.02 Å². The normalized spacial score (nSPS) is 11.0. The van der Waals surface area contributed by atoms with Crippen LogP contribution in [0.4, 0.5) is 0 Å². The van der Waals surface area contributed by atoms with E-state index < -0.39 is 5.97 Å². The summed E-state index contributed by atoms with van der Waals surface area (Å²) in [5.74, 6) is -0.929. The van der Waals surface area contributed by atoms with Crippen LogP contribution < -0.4 is 0 Å². The third-order valence-corrected chi connectivity index (χ3v) is 4.52. The van der Waals surface area contributed by atoms with E-state index in [1.165, 1.54) is 0 Å². The van der Waals surface area contributed by atoms with E-state index >= 15 is 0 Å². The number of fused-ring (bicyclic) bond motifs is 1. The maximum Gasteiger partial charge on any atom is 0.335 e. The lowest BCUT2D eigenvalue weighted by molar-refractivity contribution is 0.0697. The Morgan fingerprint density at radius 2 is 1.85 bits per heavy atom. The molecular weight excluding hydrogens is 348 g/mol. The van der Waals surface area contributed by atoms with Crippen LogP contribution in [0, 0.1) is 0 Å². The zero-order valence-electron chi connectivity index (χ0n) is 13.8. The molecule has 0 spiro atoms. The van der Waals surface area contributed by atoms with Crippen LogP contribution in [0.1, 0.15) is 21.5 Å². The molecule has 0 unspecified atom stereocenters. The van der Waals surface area contributed by atoms with Crippen LogP contribution in [0.15, 0.2) is 72.9 Å². The predicted octanol–water partition coefficient (Wildman–Crippen LogP) is 4.94. The van der Waals surface area contributed by atoms with Crippen molar-refractivity contribution in [2.24, 2.45) is 0 Å². The number of aromatic nitrogens is 2. The van der Waals surface area contributed by atoms with Gasteiger partial charge in [-0.15, -0.1) is 0 Å². The lowest BCUT2D eigenvalue weighted by Gasteiger charge is -2.05. The summed E-state index contributed by atoms with van der Waals surface area (Å²) in [5, 5.41) is 14.6. The van der Waals surface area contributed by atoms with E-state index in [-0.39, 0.29) is 5.56 Å². The van der Waals surface area contributed by atoms with Crippen molar-refractivity contribution < 1.29 is 9.90 Å². The van der Waals surface area contributed by atoms with Gasteiger partial charge in [-0.1, -0.05) is 54.1 Å². The van der Waals surface area contributed by atoms with Gasteiger partial charge < -0.3 is 5.11 Å². The van der Waals surface area contributed by atoms with Crippen LogP contribution in [-0.4, -0.2) is 20.7 Å². The second-order valence-electron chi connectivity index (χ2n) is 6.05. The highest BCUT2D eigenvalue weighted by atomic mass is 35.5. The topological polar surface area (TPSA) is 54.6 Å². The summed E-state index contributed by atoms with van der Waals surface area (Å²) in [5.41, 5.74) is 5.07. The molecular formula is C21H15ClN2O2. The van der Waals surface area contributed by atoms with Gasteiger partial charge in [-0.25, -0.2) is 9.31 Å². The molecule has 0 radical (unpaired) electrons. The SMILES string of the molecule is O=C(O)c1cccc(Cc2c(-c3ccccc3)nn3cc(Cl)ccc23)c1. The average molecular weight is 363 g/mol. The zero-order chi connectivity index (χ0) is 18.1. The van der Waals surface area contributed by atoms with Crippen molar-refractivity contribution in [3.8, 4) is 11.3 Å². The Morgan fingerprint density at radius 3 is 2.62 bits per heavy atom. The molecule has 26 heavy (non-hydrogen) atoms. The smallest absolute Gasteiger partial charge is 0.335 e. The lowest BCUT2D eigenvalue weighted by atomic mass is 9.98. The number of halogens is 1. The van der Waals surface area contributed by atoms with E-state index in [9.17, 15) is 9.90 Å². The Hall–Kier alpha value is -3.11. The molecule has 1 N–H and O–H groups in total. The molecule has 5 heteroatoms. The van der Waals surface area contributed by atoms with Gasteiger partial charge in [0.15, 0.2) is 0 Å². The van der Waals surface area contributed by atoms with Gasteiger partial charge in [0, 0.05) is 23.7 Å². The molecule has 0 saturated heterocycles. The lowest BCUT2D eigenvalue weighted by Crippen LogP contribution is -1.98. The van der Waals surface area contributed by atoms with E-state index in [1.54, 1.807) is 28.9 Å². The molecule has 2 aromatic heterocycles. The number of rotatable bonds is 4. The first-order chi connectivity index (χ1) is 12.6. The number of aromatic carboxylic acids is 1. The monoisotopic (exact) mass is 362 g/mol. The van der Waals surface area contributed by atoms with Gasteiger partial charge in [-0.3, -0.25) is 0 Å². The second-order valence-corrected chi connectivity index (χ2v) is 6.49. The van der Waals surface area contributed by atoms with E-state index in [1.807, 2.05) is 48.5 Å². The maximum absolute atomic E-state index is 11.3. The summed E-state index contributed by atoms with van der Waals surface area (Å²) in [6, 6.07) is 20.7. The molecule has 0 amide bonds. The number of carboxylic acid groups (broad SMARTS) is 1. The van der Waals surface area contributed by atoms with Crippen LogP contribution in [0.25, 0.3) is 16.8 Å². The van der Waals surface area contributed by atoms with Gasteiger partial charge in [-0.05, 0) is 29.8 Å². The molecule has 0 aliphatic rings. The van der Waals surface area contributed by atoms with Crippen LogP contribution in [-0.2, 0) is 6.42 Å². The molecule has 4 aromatic rings. The molecule has 0 aliphatic heterocycles. The number of hydrogen-bond donors (Lipinski definition) is 1. The quantitative estimate of drug-likeness (QED) is 0.559. The van der Waals surface area contributed by atoms with Crippen molar-refractivity contribution in [1.82, 2.24) is 9.61 Å². The Labute approximate surface area is 155 Å². The summed E-state index contributed by atoms with van der Waals surface area (Å²) in [6.07, 6.45) is 2.36. The number of carboxylic acids is 1. The third-order valence-electron chi connectivity index (χ3n) is 4.30. The summed E-state index contributed by atoms with van der Waals surface area (Å²) < 4.78 is 1.78. The minimum absolute atomic E-state index is 0.281. The summed E-state index contributed by atoms with van der Waals surface area (Å²) in [6.45, 7) is 0. The fourth-order valence-corrected chi connectivity index (χ4v) is 3.25. The molecule has 128 valence electrons. The standard InChI is InChI=1S/C21H15ClN2O2/c22-17-9-10-19-18(12-14-5-4-8-16(11-14)21(25)26)20(23-24(19)13-17)15-6-2-1-3-7-15/h1-11,13H,12H2,(H,25,26). The zero-order valence-corrected chi connectivity index (χ0v) is 14.5. The fourth-order valence-electron chi connectivity index (χ4n) is 3.10. The van der Waals surface area contributed by atoms with Gasteiger partial charge in [0.05, 0.1) is 21.8 Å². The van der Waals surface area contributed by atoms with E-state index in [4.69, 9.17) is 16.7 Å². The van der Waals surface area contributed by atoms with Gasteiger partial charge >= 0.3 is 5.97 Å². The van der Waals surface area contributed by atoms with Crippen molar-refractivity contribution in [2.45, 2.75) is 6.42 Å². The Bertz CT molecular complexity index is 1100.